The number of rotatable bonds is 6. The molecule has 0 radical (unpaired) electrons. The molecule has 1 rings (SSSR count). The summed E-state index contributed by atoms with van der Waals surface area (Å²) in [7, 11) is 0. The van der Waals surface area contributed by atoms with Gasteiger partial charge in [-0.1, -0.05) is 13.8 Å². The van der Waals surface area contributed by atoms with Gasteiger partial charge in [-0.15, -0.1) is 0 Å². The van der Waals surface area contributed by atoms with Crippen LogP contribution in [0, 0.1) is 5.92 Å². The van der Waals surface area contributed by atoms with Crippen molar-refractivity contribution in [1.29, 1.82) is 0 Å². The average Bonchev–Trinajstić information content (AvgIpc) is 2.29. The maximum Gasteiger partial charge on any atom is 0.237 e. The van der Waals surface area contributed by atoms with Crippen molar-refractivity contribution in [2.24, 2.45) is 11.7 Å². The van der Waals surface area contributed by atoms with E-state index in [1.807, 2.05) is 6.92 Å². The minimum absolute atomic E-state index is 0.0375. The van der Waals surface area contributed by atoms with Crippen LogP contribution in [0.4, 0.5) is 0 Å². The zero-order valence-electron chi connectivity index (χ0n) is 11.8. The zero-order valence-corrected chi connectivity index (χ0v) is 11.8. The van der Waals surface area contributed by atoms with Crippen molar-refractivity contribution >= 4 is 5.91 Å². The molecule has 1 amide bonds. The van der Waals surface area contributed by atoms with E-state index < -0.39 is 6.04 Å². The lowest BCUT2D eigenvalue weighted by atomic mass is 10.0. The number of nitrogens with one attached hydrogen (secondary N) is 1. The first-order chi connectivity index (χ1) is 8.49. The first-order valence-corrected chi connectivity index (χ1v) is 6.85. The van der Waals surface area contributed by atoms with Gasteiger partial charge in [0.15, 0.2) is 0 Å². The lowest BCUT2D eigenvalue weighted by Gasteiger charge is -2.29. The van der Waals surface area contributed by atoms with Gasteiger partial charge in [0.25, 0.3) is 0 Å². The average molecular weight is 257 g/mol. The molecule has 0 saturated carbocycles. The summed E-state index contributed by atoms with van der Waals surface area (Å²) in [4.78, 5) is 14.2. The second kappa shape index (κ2) is 7.71. The normalized spacial score (nSPS) is 20.7. The van der Waals surface area contributed by atoms with Crippen molar-refractivity contribution in [3.63, 3.8) is 0 Å². The van der Waals surface area contributed by atoms with Crippen LogP contribution in [0.1, 0.15) is 27.2 Å². The van der Waals surface area contributed by atoms with Gasteiger partial charge in [-0.25, -0.2) is 0 Å². The van der Waals surface area contributed by atoms with Crippen molar-refractivity contribution in [1.82, 2.24) is 10.2 Å². The lowest BCUT2D eigenvalue weighted by Crippen LogP contribution is -2.50. The number of carbonyl (C=O) groups excluding carboxylic acids is 1. The Bertz CT molecular complexity index is 253. The third-order valence-electron chi connectivity index (χ3n) is 3.09. The second-order valence-electron chi connectivity index (χ2n) is 5.56. The molecule has 0 spiro atoms. The number of morpholine rings is 1. The predicted octanol–water partition coefficient (Wildman–Crippen LogP) is 0.197. The van der Waals surface area contributed by atoms with Crippen LogP contribution >= 0.6 is 0 Å². The van der Waals surface area contributed by atoms with E-state index in [1.54, 1.807) is 0 Å². The summed E-state index contributed by atoms with van der Waals surface area (Å²) in [6.45, 7) is 10.5. The summed E-state index contributed by atoms with van der Waals surface area (Å²) >= 11 is 0. The van der Waals surface area contributed by atoms with Crippen LogP contribution in [-0.4, -0.2) is 55.7 Å². The maximum atomic E-state index is 11.9. The number of ether oxygens (including phenoxy) is 1. The van der Waals surface area contributed by atoms with Crippen molar-refractivity contribution in [3.8, 4) is 0 Å². The van der Waals surface area contributed by atoms with Gasteiger partial charge in [0.05, 0.1) is 19.3 Å². The van der Waals surface area contributed by atoms with Gasteiger partial charge < -0.3 is 15.8 Å². The quantitative estimate of drug-likeness (QED) is 0.713. The summed E-state index contributed by atoms with van der Waals surface area (Å²) in [6, 6.07) is -0.258. The minimum Gasteiger partial charge on any atom is -0.379 e. The Hall–Kier alpha value is -0.650. The first kappa shape index (κ1) is 15.4. The molecule has 1 aliphatic heterocycles. The Kier molecular flexibility index (Phi) is 6.60. The van der Waals surface area contributed by atoms with Crippen LogP contribution in [0.3, 0.4) is 0 Å². The highest BCUT2D eigenvalue weighted by atomic mass is 16.5. The van der Waals surface area contributed by atoms with E-state index in [9.17, 15) is 4.79 Å². The molecule has 0 aromatic heterocycles. The Balaban J connectivity index is 2.25. The van der Waals surface area contributed by atoms with Crippen LogP contribution in [0.15, 0.2) is 0 Å². The molecule has 1 heterocycles. The molecule has 5 heteroatoms. The highest BCUT2D eigenvalue weighted by molar-refractivity contribution is 5.81. The van der Waals surface area contributed by atoms with Gasteiger partial charge in [-0.05, 0) is 19.3 Å². The molecule has 1 aliphatic rings. The van der Waals surface area contributed by atoms with Gasteiger partial charge in [0.1, 0.15) is 0 Å². The number of nitrogens with zero attached hydrogens (tertiary/aromatic N) is 1. The summed E-state index contributed by atoms with van der Waals surface area (Å²) in [5.74, 6) is 0.407. The van der Waals surface area contributed by atoms with Gasteiger partial charge in [0, 0.05) is 25.7 Å². The van der Waals surface area contributed by atoms with Crippen molar-refractivity contribution < 1.29 is 9.53 Å². The Morgan fingerprint density at radius 1 is 1.33 bits per heavy atom. The standard InChI is InChI=1S/C13H27N3O2/c1-10(2)8-12(14)13(17)15-11(3)9-16-4-6-18-7-5-16/h10-12H,4-9,14H2,1-3H3,(H,15,17). The van der Waals surface area contributed by atoms with Gasteiger partial charge in [-0.2, -0.15) is 0 Å². The fraction of sp³-hybridized carbons (Fsp3) is 0.923. The van der Waals surface area contributed by atoms with E-state index in [2.05, 4.69) is 24.1 Å². The zero-order chi connectivity index (χ0) is 13.5. The van der Waals surface area contributed by atoms with E-state index in [0.717, 1.165) is 39.3 Å². The fourth-order valence-electron chi connectivity index (χ4n) is 2.18. The van der Waals surface area contributed by atoms with Gasteiger partial charge in [-0.3, -0.25) is 9.69 Å². The molecule has 1 saturated heterocycles. The van der Waals surface area contributed by atoms with E-state index >= 15 is 0 Å². The van der Waals surface area contributed by atoms with Gasteiger partial charge in [0.2, 0.25) is 5.91 Å². The van der Waals surface area contributed by atoms with Crippen LogP contribution < -0.4 is 11.1 Å². The SMILES string of the molecule is CC(C)CC(N)C(=O)NC(C)CN1CCOCC1. The molecule has 2 unspecified atom stereocenters. The highest BCUT2D eigenvalue weighted by Crippen LogP contribution is 2.03. The molecule has 3 N–H and O–H groups in total. The summed E-state index contributed by atoms with van der Waals surface area (Å²) in [5, 5.41) is 2.99. The largest absolute Gasteiger partial charge is 0.379 e. The van der Waals surface area contributed by atoms with E-state index in [4.69, 9.17) is 10.5 Å². The molecule has 5 nitrogen and oxygen atoms in total. The van der Waals surface area contributed by atoms with E-state index in [-0.39, 0.29) is 11.9 Å². The smallest absolute Gasteiger partial charge is 0.237 e. The summed E-state index contributed by atoms with van der Waals surface area (Å²) in [5.41, 5.74) is 5.85. The molecule has 0 aliphatic carbocycles. The number of hydrogen-bond donors (Lipinski definition) is 2. The molecular formula is C13H27N3O2. The molecule has 0 aromatic carbocycles. The number of carbonyl (C=O) groups is 1. The van der Waals surface area contributed by atoms with Crippen LogP contribution in [-0.2, 0) is 9.53 Å². The first-order valence-electron chi connectivity index (χ1n) is 6.85. The van der Waals surface area contributed by atoms with Crippen LogP contribution in [0.5, 0.6) is 0 Å². The molecular weight excluding hydrogens is 230 g/mol. The molecule has 0 bridgehead atoms. The Labute approximate surface area is 110 Å². The Morgan fingerprint density at radius 2 is 1.94 bits per heavy atom. The minimum atomic E-state index is -0.392. The number of amides is 1. The summed E-state index contributed by atoms with van der Waals surface area (Å²) < 4.78 is 5.30. The molecule has 106 valence electrons. The van der Waals surface area contributed by atoms with Gasteiger partial charge >= 0.3 is 0 Å². The van der Waals surface area contributed by atoms with Crippen LogP contribution in [0.2, 0.25) is 0 Å². The summed E-state index contributed by atoms with van der Waals surface area (Å²) in [6.07, 6.45) is 0.732. The number of nitrogens with two attached hydrogens (primary N) is 1. The van der Waals surface area contributed by atoms with E-state index in [0.29, 0.717) is 5.92 Å². The highest BCUT2D eigenvalue weighted by Gasteiger charge is 2.19. The Morgan fingerprint density at radius 3 is 2.50 bits per heavy atom. The molecule has 18 heavy (non-hydrogen) atoms. The monoisotopic (exact) mass is 257 g/mol. The maximum absolute atomic E-state index is 11.9. The predicted molar refractivity (Wildman–Crippen MR) is 72.3 cm³/mol. The molecule has 0 aromatic rings. The third kappa shape index (κ3) is 5.80. The van der Waals surface area contributed by atoms with Crippen molar-refractivity contribution in [3.05, 3.63) is 0 Å². The lowest BCUT2D eigenvalue weighted by molar-refractivity contribution is -0.123. The molecule has 1 fully saturated rings. The number of hydrogen-bond acceptors (Lipinski definition) is 4. The fourth-order valence-corrected chi connectivity index (χ4v) is 2.18. The van der Waals surface area contributed by atoms with Crippen molar-refractivity contribution in [2.75, 3.05) is 32.8 Å². The topological polar surface area (TPSA) is 67.6 Å². The second-order valence-corrected chi connectivity index (χ2v) is 5.56. The van der Waals surface area contributed by atoms with E-state index in [1.165, 1.54) is 0 Å². The van der Waals surface area contributed by atoms with Crippen molar-refractivity contribution in [2.45, 2.75) is 39.3 Å². The third-order valence-corrected chi connectivity index (χ3v) is 3.09. The molecule has 2 atom stereocenters. The van der Waals surface area contributed by atoms with Crippen LogP contribution in [0.25, 0.3) is 0 Å².